The molecule has 0 saturated carbocycles. The van der Waals surface area contributed by atoms with Gasteiger partial charge < -0.3 is 4.74 Å². The van der Waals surface area contributed by atoms with Gasteiger partial charge in [0.15, 0.2) is 5.78 Å². The molecular weight excluding hydrogens is 246 g/mol. The topological polar surface area (TPSA) is 29.5 Å². The lowest BCUT2D eigenvalue weighted by Crippen LogP contribution is -2.43. The number of nitrogens with zero attached hydrogens (tertiary/aromatic N) is 1. The number of ether oxygens (including phenoxy) is 1. The Morgan fingerprint density at radius 1 is 1.44 bits per heavy atom. The number of ketones is 1. The molecular formula is C14H19NO2S. The number of thioether (sulfide) groups is 1. The molecule has 4 heteroatoms. The van der Waals surface area contributed by atoms with Crippen molar-refractivity contribution in [3.05, 3.63) is 29.8 Å². The molecule has 0 aromatic heterocycles. The first-order valence-electron chi connectivity index (χ1n) is 6.20. The Kier molecular flexibility index (Phi) is 4.80. The average Bonchev–Trinajstić information content (AvgIpc) is 2.39. The van der Waals surface area contributed by atoms with Crippen molar-refractivity contribution in [2.75, 3.05) is 32.5 Å². The Bertz CT molecular complexity index is 405. The molecule has 1 aromatic carbocycles. The van der Waals surface area contributed by atoms with Gasteiger partial charge in [-0.05, 0) is 25.3 Å². The number of hydrogen-bond acceptors (Lipinski definition) is 4. The van der Waals surface area contributed by atoms with Crippen LogP contribution in [-0.4, -0.2) is 49.3 Å². The van der Waals surface area contributed by atoms with Crippen LogP contribution in [0.2, 0.25) is 0 Å². The largest absolute Gasteiger partial charge is 0.376 e. The van der Waals surface area contributed by atoms with Crippen LogP contribution in [0.1, 0.15) is 17.3 Å². The molecule has 1 aliphatic rings. The molecule has 3 nitrogen and oxygen atoms in total. The van der Waals surface area contributed by atoms with E-state index in [4.69, 9.17) is 4.74 Å². The Balaban J connectivity index is 1.94. The van der Waals surface area contributed by atoms with Crippen molar-refractivity contribution in [2.45, 2.75) is 17.9 Å². The van der Waals surface area contributed by atoms with Gasteiger partial charge in [-0.3, -0.25) is 9.69 Å². The van der Waals surface area contributed by atoms with Gasteiger partial charge in [-0.25, -0.2) is 0 Å². The predicted molar refractivity (Wildman–Crippen MR) is 74.4 cm³/mol. The van der Waals surface area contributed by atoms with Crippen molar-refractivity contribution >= 4 is 17.5 Å². The fourth-order valence-corrected chi connectivity index (χ4v) is 2.51. The first-order chi connectivity index (χ1) is 8.69. The smallest absolute Gasteiger partial charge is 0.176 e. The fourth-order valence-electron chi connectivity index (χ4n) is 2.11. The van der Waals surface area contributed by atoms with E-state index in [9.17, 15) is 4.79 Å². The minimum atomic E-state index is 0.191. The first kappa shape index (κ1) is 13.6. The summed E-state index contributed by atoms with van der Waals surface area (Å²) in [6.45, 7) is 4.95. The van der Waals surface area contributed by atoms with Crippen molar-refractivity contribution in [3.8, 4) is 0 Å². The molecule has 1 heterocycles. The number of benzene rings is 1. The van der Waals surface area contributed by atoms with E-state index in [1.807, 2.05) is 37.4 Å². The number of hydrogen-bond donors (Lipinski definition) is 0. The van der Waals surface area contributed by atoms with Gasteiger partial charge in [0.05, 0.1) is 19.3 Å². The molecule has 0 bridgehead atoms. The lowest BCUT2D eigenvalue weighted by atomic mass is 10.1. The maximum absolute atomic E-state index is 12.1. The minimum absolute atomic E-state index is 0.191. The van der Waals surface area contributed by atoms with Gasteiger partial charge in [-0.15, -0.1) is 11.8 Å². The maximum Gasteiger partial charge on any atom is 0.176 e. The Hall–Kier alpha value is -0.840. The van der Waals surface area contributed by atoms with Gasteiger partial charge in [0.2, 0.25) is 0 Å². The third kappa shape index (κ3) is 3.57. The summed E-state index contributed by atoms with van der Waals surface area (Å²) in [4.78, 5) is 15.5. The summed E-state index contributed by atoms with van der Waals surface area (Å²) in [6, 6.07) is 7.83. The molecule has 1 aromatic rings. The molecule has 0 spiro atoms. The normalized spacial score (nSPS) is 20.9. The molecule has 18 heavy (non-hydrogen) atoms. The van der Waals surface area contributed by atoms with Gasteiger partial charge in [0, 0.05) is 23.5 Å². The summed E-state index contributed by atoms with van der Waals surface area (Å²) in [5, 5.41) is 0. The van der Waals surface area contributed by atoms with Crippen LogP contribution >= 0.6 is 11.8 Å². The van der Waals surface area contributed by atoms with Crippen molar-refractivity contribution in [2.24, 2.45) is 0 Å². The molecule has 1 unspecified atom stereocenters. The molecule has 1 atom stereocenters. The van der Waals surface area contributed by atoms with Gasteiger partial charge in [-0.1, -0.05) is 12.1 Å². The number of carbonyl (C=O) groups is 1. The zero-order valence-electron chi connectivity index (χ0n) is 10.9. The van der Waals surface area contributed by atoms with E-state index < -0.39 is 0 Å². The van der Waals surface area contributed by atoms with Crippen molar-refractivity contribution in [3.63, 3.8) is 0 Å². The van der Waals surface area contributed by atoms with E-state index >= 15 is 0 Å². The lowest BCUT2D eigenvalue weighted by molar-refractivity contribution is -0.0158. The van der Waals surface area contributed by atoms with Gasteiger partial charge in [0.1, 0.15) is 0 Å². The third-order valence-electron chi connectivity index (χ3n) is 3.10. The van der Waals surface area contributed by atoms with Crippen LogP contribution in [0.15, 0.2) is 29.2 Å². The molecule has 2 rings (SSSR count). The summed E-state index contributed by atoms with van der Waals surface area (Å²) in [6.07, 6.45) is 2.26. The van der Waals surface area contributed by atoms with Crippen LogP contribution in [-0.2, 0) is 4.74 Å². The summed E-state index contributed by atoms with van der Waals surface area (Å²) >= 11 is 1.69. The molecule has 1 aliphatic heterocycles. The van der Waals surface area contributed by atoms with E-state index in [0.29, 0.717) is 6.54 Å². The lowest BCUT2D eigenvalue weighted by Gasteiger charge is -2.30. The van der Waals surface area contributed by atoms with Crippen LogP contribution in [0.4, 0.5) is 0 Å². The molecule has 0 radical (unpaired) electrons. The van der Waals surface area contributed by atoms with Crippen molar-refractivity contribution in [1.82, 2.24) is 4.90 Å². The van der Waals surface area contributed by atoms with Gasteiger partial charge in [0.25, 0.3) is 0 Å². The second-order valence-corrected chi connectivity index (χ2v) is 5.45. The van der Waals surface area contributed by atoms with E-state index in [-0.39, 0.29) is 11.9 Å². The van der Waals surface area contributed by atoms with E-state index in [2.05, 4.69) is 4.90 Å². The van der Waals surface area contributed by atoms with Crippen LogP contribution in [0.3, 0.4) is 0 Å². The zero-order chi connectivity index (χ0) is 13.0. The van der Waals surface area contributed by atoms with E-state index in [0.717, 1.165) is 25.3 Å². The predicted octanol–water partition coefficient (Wildman–Crippen LogP) is 2.31. The SMILES string of the molecule is CSc1ccc(C(=O)CN2CCOC(C)C2)cc1. The summed E-state index contributed by atoms with van der Waals surface area (Å²) < 4.78 is 5.47. The molecule has 0 aliphatic carbocycles. The number of morpholine rings is 1. The molecule has 1 saturated heterocycles. The Morgan fingerprint density at radius 2 is 2.17 bits per heavy atom. The average molecular weight is 265 g/mol. The van der Waals surface area contributed by atoms with Crippen molar-refractivity contribution in [1.29, 1.82) is 0 Å². The third-order valence-corrected chi connectivity index (χ3v) is 3.85. The molecule has 98 valence electrons. The van der Waals surface area contributed by atoms with E-state index in [1.54, 1.807) is 11.8 Å². The first-order valence-corrected chi connectivity index (χ1v) is 7.42. The maximum atomic E-state index is 12.1. The van der Waals surface area contributed by atoms with Crippen LogP contribution < -0.4 is 0 Å². The van der Waals surface area contributed by atoms with Gasteiger partial charge in [-0.2, -0.15) is 0 Å². The zero-order valence-corrected chi connectivity index (χ0v) is 11.7. The Labute approximate surface area is 113 Å². The highest BCUT2D eigenvalue weighted by Gasteiger charge is 2.19. The highest BCUT2D eigenvalue weighted by atomic mass is 32.2. The summed E-state index contributed by atoms with van der Waals surface area (Å²) in [7, 11) is 0. The highest BCUT2D eigenvalue weighted by Crippen LogP contribution is 2.15. The summed E-state index contributed by atoms with van der Waals surface area (Å²) in [5.41, 5.74) is 0.798. The number of rotatable bonds is 4. The van der Waals surface area contributed by atoms with Crippen LogP contribution in [0.25, 0.3) is 0 Å². The van der Waals surface area contributed by atoms with Crippen LogP contribution in [0, 0.1) is 0 Å². The molecule has 0 N–H and O–H groups in total. The molecule has 1 fully saturated rings. The van der Waals surface area contributed by atoms with Gasteiger partial charge >= 0.3 is 0 Å². The Morgan fingerprint density at radius 3 is 2.78 bits per heavy atom. The van der Waals surface area contributed by atoms with Crippen LogP contribution in [0.5, 0.6) is 0 Å². The second kappa shape index (κ2) is 6.36. The highest BCUT2D eigenvalue weighted by molar-refractivity contribution is 7.98. The second-order valence-electron chi connectivity index (χ2n) is 4.57. The fraction of sp³-hybridized carbons (Fsp3) is 0.500. The number of Topliss-reactive ketones (excluding diaryl/α,β-unsaturated/α-hetero) is 1. The quantitative estimate of drug-likeness (QED) is 0.617. The molecule has 0 amide bonds. The minimum Gasteiger partial charge on any atom is -0.376 e. The number of carbonyl (C=O) groups excluding carboxylic acids is 1. The van der Waals surface area contributed by atoms with Crippen molar-refractivity contribution < 1.29 is 9.53 Å². The summed E-state index contributed by atoms with van der Waals surface area (Å²) in [5.74, 6) is 0.191. The van der Waals surface area contributed by atoms with E-state index in [1.165, 1.54) is 4.90 Å². The monoisotopic (exact) mass is 265 g/mol. The standard InChI is InChI=1S/C14H19NO2S/c1-11-9-15(7-8-17-11)10-14(16)12-3-5-13(18-2)6-4-12/h3-6,11H,7-10H2,1-2H3.